The lowest BCUT2D eigenvalue weighted by Gasteiger charge is -2.65. The maximum absolute atomic E-state index is 15.2. The predicted octanol–water partition coefficient (Wildman–Crippen LogP) is 7.32. The Hall–Kier alpha value is -6.28. The van der Waals surface area contributed by atoms with Gasteiger partial charge in [-0.2, -0.15) is 0 Å². The zero-order valence-corrected chi connectivity index (χ0v) is 28.5. The first-order valence-electron chi connectivity index (χ1n) is 17.5. The summed E-state index contributed by atoms with van der Waals surface area (Å²) in [6.07, 6.45) is 0. The molecule has 8 heteroatoms. The lowest BCUT2D eigenvalue weighted by molar-refractivity contribution is -0.240. The van der Waals surface area contributed by atoms with Gasteiger partial charge in [-0.3, -0.25) is 19.2 Å². The molecule has 0 saturated heterocycles. The third kappa shape index (κ3) is 4.27. The Morgan fingerprint density at radius 2 is 0.885 bits per heavy atom. The van der Waals surface area contributed by atoms with Gasteiger partial charge in [-0.1, -0.05) is 109 Å². The van der Waals surface area contributed by atoms with Crippen LogP contribution in [0.2, 0.25) is 0 Å². The quantitative estimate of drug-likeness (QED) is 0.190. The number of rotatable bonds is 6. The van der Waals surface area contributed by atoms with E-state index in [4.69, 9.17) is 9.47 Å². The highest BCUT2D eigenvalue weighted by atomic mass is 16.6. The molecule has 0 radical (unpaired) electrons. The number of hydrogen-bond acceptors (Lipinski definition) is 6. The molecule has 8 nitrogen and oxygen atoms in total. The van der Waals surface area contributed by atoms with Crippen molar-refractivity contribution in [1.82, 2.24) is 10.6 Å². The first-order valence-corrected chi connectivity index (χ1v) is 17.5. The van der Waals surface area contributed by atoms with E-state index in [0.717, 1.165) is 32.7 Å². The maximum atomic E-state index is 15.2. The van der Waals surface area contributed by atoms with Gasteiger partial charge in [0.1, 0.15) is 11.5 Å². The molecule has 2 amide bonds. The van der Waals surface area contributed by atoms with Gasteiger partial charge in [0.25, 0.3) is 11.8 Å². The summed E-state index contributed by atoms with van der Waals surface area (Å²) in [5, 5.41) is 10.1. The summed E-state index contributed by atoms with van der Waals surface area (Å²) >= 11 is 0. The molecule has 256 valence electrons. The van der Waals surface area contributed by atoms with Crippen molar-refractivity contribution in [2.24, 2.45) is 11.8 Å². The molecule has 0 unspecified atom stereocenters. The summed E-state index contributed by atoms with van der Waals surface area (Å²) in [5.41, 5.74) is -2.33. The van der Waals surface area contributed by atoms with Gasteiger partial charge in [0.05, 0.1) is 35.0 Å². The Bertz CT molecular complexity index is 2310. The molecular formula is C44H34N2O6. The largest absolute Gasteiger partial charge is 0.471 e. The highest BCUT2D eigenvalue weighted by Crippen LogP contribution is 2.64. The Morgan fingerprint density at radius 3 is 1.33 bits per heavy atom. The first kappa shape index (κ1) is 31.7. The predicted molar refractivity (Wildman–Crippen MR) is 196 cm³/mol. The fourth-order valence-corrected chi connectivity index (χ4v) is 8.72. The van der Waals surface area contributed by atoms with E-state index in [2.05, 4.69) is 10.6 Å². The Balaban J connectivity index is 1.21. The van der Waals surface area contributed by atoms with Crippen LogP contribution in [-0.2, 0) is 9.59 Å². The second kappa shape index (κ2) is 11.6. The van der Waals surface area contributed by atoms with Crippen molar-refractivity contribution in [2.45, 2.75) is 37.1 Å². The highest BCUT2D eigenvalue weighted by Gasteiger charge is 2.89. The van der Waals surface area contributed by atoms with Crippen molar-refractivity contribution >= 4 is 44.9 Å². The zero-order chi connectivity index (χ0) is 35.8. The van der Waals surface area contributed by atoms with Crippen LogP contribution in [0.3, 0.4) is 0 Å². The van der Waals surface area contributed by atoms with Crippen LogP contribution in [0.4, 0.5) is 0 Å². The summed E-state index contributed by atoms with van der Waals surface area (Å²) in [7, 11) is 0. The normalized spacial score (nSPS) is 23.7. The number of Topliss-reactive ketones (excluding diaryl/α,β-unsaturated/α-hetero) is 2. The molecule has 6 aromatic carbocycles. The van der Waals surface area contributed by atoms with Crippen molar-refractivity contribution in [3.8, 4) is 11.5 Å². The van der Waals surface area contributed by atoms with Crippen molar-refractivity contribution < 1.29 is 28.7 Å². The van der Waals surface area contributed by atoms with Crippen molar-refractivity contribution in [3.05, 3.63) is 156 Å². The number of amides is 2. The summed E-state index contributed by atoms with van der Waals surface area (Å²) in [6.45, 7) is 3.69. The van der Waals surface area contributed by atoms with Crippen LogP contribution in [0.15, 0.2) is 133 Å². The van der Waals surface area contributed by atoms with Crippen molar-refractivity contribution in [1.29, 1.82) is 0 Å². The molecule has 0 aromatic heterocycles. The molecule has 1 saturated carbocycles. The highest BCUT2D eigenvalue weighted by molar-refractivity contribution is 6.20. The van der Waals surface area contributed by atoms with Gasteiger partial charge in [-0.25, -0.2) is 0 Å². The number of ketones is 2. The molecule has 6 aromatic rings. The number of hydrogen-bond donors (Lipinski definition) is 2. The number of carbonyl (C=O) groups is 4. The van der Waals surface area contributed by atoms with Crippen LogP contribution in [0.1, 0.15) is 57.8 Å². The molecule has 0 spiro atoms. The number of nitrogens with one attached hydrogen (secondary N) is 2. The van der Waals surface area contributed by atoms with E-state index in [1.807, 2.05) is 98.8 Å². The van der Waals surface area contributed by atoms with Gasteiger partial charge in [0.15, 0.2) is 11.6 Å². The fraction of sp³-hybridized carbons (Fsp3) is 0.182. The van der Waals surface area contributed by atoms with Crippen molar-refractivity contribution in [2.75, 3.05) is 0 Å². The SMILES string of the molecule is C[C@H](NC(=O)[C@]12Oc3ccccc3C(=O)[C@H]1[C@@H]1C(=O)c3ccccc3O[C@@]12C(=O)N[C@@H](C)c1cccc2ccccc12)c1cccc2ccccc12. The van der Waals surface area contributed by atoms with Gasteiger partial charge in [-0.05, 0) is 70.8 Å². The lowest BCUT2D eigenvalue weighted by Crippen LogP contribution is -2.92. The molecule has 3 aliphatic rings. The topological polar surface area (TPSA) is 111 Å². The van der Waals surface area contributed by atoms with Crippen molar-refractivity contribution in [3.63, 3.8) is 0 Å². The molecule has 6 atom stereocenters. The monoisotopic (exact) mass is 686 g/mol. The minimum absolute atomic E-state index is 0.138. The van der Waals surface area contributed by atoms with E-state index < -0.39 is 58.5 Å². The number of para-hydroxylation sites is 2. The fourth-order valence-electron chi connectivity index (χ4n) is 8.72. The second-order valence-electron chi connectivity index (χ2n) is 13.9. The minimum atomic E-state index is -2.24. The van der Waals surface area contributed by atoms with Crippen LogP contribution in [0.5, 0.6) is 11.5 Å². The van der Waals surface area contributed by atoms with E-state index in [-0.39, 0.29) is 22.6 Å². The Kier molecular flexibility index (Phi) is 7.09. The van der Waals surface area contributed by atoms with Crippen LogP contribution in [0.25, 0.3) is 21.5 Å². The van der Waals surface area contributed by atoms with Gasteiger partial charge in [0.2, 0.25) is 11.2 Å². The molecule has 0 bridgehead atoms. The van der Waals surface area contributed by atoms with E-state index in [9.17, 15) is 9.59 Å². The van der Waals surface area contributed by atoms with Gasteiger partial charge in [-0.15, -0.1) is 0 Å². The molecule has 1 aliphatic carbocycles. The summed E-state index contributed by atoms with van der Waals surface area (Å²) in [6, 6.07) is 39.5. The van der Waals surface area contributed by atoms with E-state index in [1.54, 1.807) is 48.5 Å². The Morgan fingerprint density at radius 1 is 0.519 bits per heavy atom. The third-order valence-corrected chi connectivity index (χ3v) is 11.1. The Labute approximate surface area is 299 Å². The number of ether oxygens (including phenoxy) is 2. The van der Waals surface area contributed by atoms with E-state index >= 15 is 9.59 Å². The molecular weight excluding hydrogens is 652 g/mol. The van der Waals surface area contributed by atoms with Gasteiger partial charge < -0.3 is 20.1 Å². The number of carbonyl (C=O) groups excluding carboxylic acids is 4. The lowest BCUT2D eigenvalue weighted by atomic mass is 9.44. The van der Waals surface area contributed by atoms with Crippen LogP contribution in [0, 0.1) is 11.8 Å². The molecule has 2 N–H and O–H groups in total. The standard InChI is InChI=1S/C44H34N2O6/c1-25(29-21-11-15-27-13-3-5-17-31(27)29)45-41(49)43-37(39(47)33-19-7-9-23-35(33)51-43)38-40(48)34-20-8-10-24-36(34)52-44(38,43)42(50)46-26(2)30-22-12-16-28-14-4-6-18-32(28)30/h3-26,37-38H,1-2H3,(H,45,49)(H,46,50)/t25-,26-,37+,38+,43+,44+/m0/s1. The maximum Gasteiger partial charge on any atom is 0.270 e. The van der Waals surface area contributed by atoms with Gasteiger partial charge in [0, 0.05) is 0 Å². The number of fused-ring (bicyclic) bond motifs is 8. The number of benzene rings is 6. The average molecular weight is 687 g/mol. The first-order chi connectivity index (χ1) is 25.3. The van der Waals surface area contributed by atoms with E-state index in [0.29, 0.717) is 0 Å². The van der Waals surface area contributed by atoms with Gasteiger partial charge >= 0.3 is 0 Å². The van der Waals surface area contributed by atoms with E-state index in [1.165, 1.54) is 0 Å². The molecule has 2 aliphatic heterocycles. The minimum Gasteiger partial charge on any atom is -0.471 e. The molecule has 9 rings (SSSR count). The van der Waals surface area contributed by atoms with Crippen LogP contribution in [-0.4, -0.2) is 34.6 Å². The zero-order valence-electron chi connectivity index (χ0n) is 28.5. The summed E-state index contributed by atoms with van der Waals surface area (Å²) in [4.78, 5) is 59.6. The molecule has 1 fully saturated rings. The molecule has 2 heterocycles. The molecule has 52 heavy (non-hydrogen) atoms. The average Bonchev–Trinajstić information content (AvgIpc) is 3.16. The summed E-state index contributed by atoms with van der Waals surface area (Å²) in [5.74, 6) is -4.78. The van der Waals surface area contributed by atoms with Crippen LogP contribution >= 0.6 is 0 Å². The van der Waals surface area contributed by atoms with Crippen LogP contribution < -0.4 is 20.1 Å². The second-order valence-corrected chi connectivity index (χ2v) is 13.9. The third-order valence-electron chi connectivity index (χ3n) is 11.1. The smallest absolute Gasteiger partial charge is 0.270 e. The summed E-state index contributed by atoms with van der Waals surface area (Å²) < 4.78 is 13.4.